The highest BCUT2D eigenvalue weighted by Crippen LogP contribution is 2.41. The van der Waals surface area contributed by atoms with Gasteiger partial charge in [-0.1, -0.05) is 0 Å². The van der Waals surface area contributed by atoms with Gasteiger partial charge in [-0.25, -0.2) is 0 Å². The van der Waals surface area contributed by atoms with Crippen LogP contribution in [0.4, 0.5) is 0 Å². The minimum atomic E-state index is 0.320. The summed E-state index contributed by atoms with van der Waals surface area (Å²) in [6.07, 6.45) is 2.80. The van der Waals surface area contributed by atoms with Crippen molar-refractivity contribution in [1.29, 1.82) is 0 Å². The summed E-state index contributed by atoms with van der Waals surface area (Å²) in [6.45, 7) is 10.1. The second-order valence-corrected chi connectivity index (χ2v) is 6.73. The van der Waals surface area contributed by atoms with Crippen LogP contribution in [0.15, 0.2) is 6.07 Å². The Bertz CT molecular complexity index is 463. The number of nitrogens with zero attached hydrogens (tertiary/aromatic N) is 3. The summed E-state index contributed by atoms with van der Waals surface area (Å²) in [5, 5.41) is 8.24. The number of hydrogen-bond donors (Lipinski definition) is 1. The van der Waals surface area contributed by atoms with Gasteiger partial charge < -0.3 is 5.32 Å². The van der Waals surface area contributed by atoms with Crippen molar-refractivity contribution in [1.82, 2.24) is 20.0 Å². The lowest BCUT2D eigenvalue weighted by atomic mass is 9.91. The molecule has 19 heavy (non-hydrogen) atoms. The summed E-state index contributed by atoms with van der Waals surface area (Å²) in [5.41, 5.74) is 2.76. The fraction of sp³-hybridized carbons (Fsp3) is 0.800. The van der Waals surface area contributed by atoms with Gasteiger partial charge in [0.05, 0.1) is 11.4 Å². The number of aryl methyl sites for hydroxylation is 2. The van der Waals surface area contributed by atoms with E-state index < -0.39 is 0 Å². The summed E-state index contributed by atoms with van der Waals surface area (Å²) in [4.78, 5) is 2.62. The van der Waals surface area contributed by atoms with Crippen LogP contribution in [-0.2, 0) is 13.6 Å². The van der Waals surface area contributed by atoms with E-state index in [-0.39, 0.29) is 0 Å². The Balaban J connectivity index is 1.73. The zero-order valence-electron chi connectivity index (χ0n) is 12.6. The molecule has 1 aliphatic carbocycles. The predicted octanol–water partition coefficient (Wildman–Crippen LogP) is 1.69. The number of piperazine rings is 1. The molecular formula is C15H26N4. The maximum absolute atomic E-state index is 4.46. The first-order chi connectivity index (χ1) is 8.98. The molecule has 2 unspecified atom stereocenters. The van der Waals surface area contributed by atoms with E-state index in [9.17, 15) is 0 Å². The largest absolute Gasteiger partial charge is 0.308 e. The van der Waals surface area contributed by atoms with E-state index in [1.54, 1.807) is 0 Å². The van der Waals surface area contributed by atoms with Crippen LogP contribution in [0.25, 0.3) is 0 Å². The Morgan fingerprint density at radius 2 is 2.21 bits per heavy atom. The third-order valence-electron chi connectivity index (χ3n) is 4.90. The van der Waals surface area contributed by atoms with E-state index in [2.05, 4.69) is 49.2 Å². The summed E-state index contributed by atoms with van der Waals surface area (Å²) in [6, 6.07) is 2.81. The highest BCUT2D eigenvalue weighted by Gasteiger charge is 2.45. The molecule has 1 aromatic heterocycles. The topological polar surface area (TPSA) is 33.1 Å². The Morgan fingerprint density at radius 1 is 1.47 bits per heavy atom. The minimum Gasteiger partial charge on any atom is -0.308 e. The van der Waals surface area contributed by atoms with Crippen molar-refractivity contribution in [3.63, 3.8) is 0 Å². The predicted molar refractivity (Wildman–Crippen MR) is 76.9 cm³/mol. The number of rotatable bonds is 3. The first kappa shape index (κ1) is 13.1. The summed E-state index contributed by atoms with van der Waals surface area (Å²) < 4.78 is 2.03. The lowest BCUT2D eigenvalue weighted by Crippen LogP contribution is -2.62. The Kier molecular flexibility index (Phi) is 3.18. The Morgan fingerprint density at radius 3 is 2.79 bits per heavy atom. The van der Waals surface area contributed by atoms with Crippen molar-refractivity contribution >= 4 is 0 Å². The van der Waals surface area contributed by atoms with Crippen molar-refractivity contribution in [2.45, 2.75) is 51.7 Å². The lowest BCUT2D eigenvalue weighted by Gasteiger charge is -2.45. The van der Waals surface area contributed by atoms with Gasteiger partial charge in [0.25, 0.3) is 0 Å². The molecule has 3 rings (SSSR count). The highest BCUT2D eigenvalue weighted by atomic mass is 15.3. The third kappa shape index (κ3) is 2.56. The van der Waals surface area contributed by atoms with E-state index >= 15 is 0 Å². The second-order valence-electron chi connectivity index (χ2n) is 6.73. The molecule has 1 N–H and O–H groups in total. The molecule has 106 valence electrons. The average Bonchev–Trinajstić information content (AvgIpc) is 3.13. The van der Waals surface area contributed by atoms with Crippen LogP contribution in [0.5, 0.6) is 0 Å². The quantitative estimate of drug-likeness (QED) is 0.900. The third-order valence-corrected chi connectivity index (χ3v) is 4.90. The molecule has 0 radical (unpaired) electrons. The van der Waals surface area contributed by atoms with E-state index in [1.165, 1.54) is 18.5 Å². The van der Waals surface area contributed by atoms with Crippen molar-refractivity contribution in [3.8, 4) is 0 Å². The standard InChI is InChI=1S/C15H26N4/c1-11-7-14(18(4)17-11)9-19-10-15(3,13-5-6-13)16-8-12(19)2/h7,12-13,16H,5-6,8-10H2,1-4H3. The van der Waals surface area contributed by atoms with Gasteiger partial charge in [-0.05, 0) is 45.6 Å². The van der Waals surface area contributed by atoms with Crippen molar-refractivity contribution < 1.29 is 0 Å². The molecule has 1 aromatic rings. The molecule has 1 aliphatic heterocycles. The average molecular weight is 262 g/mol. The van der Waals surface area contributed by atoms with Gasteiger partial charge in [-0.15, -0.1) is 0 Å². The van der Waals surface area contributed by atoms with Crippen molar-refractivity contribution in [2.75, 3.05) is 13.1 Å². The van der Waals surface area contributed by atoms with Crippen LogP contribution >= 0.6 is 0 Å². The lowest BCUT2D eigenvalue weighted by molar-refractivity contribution is 0.0750. The van der Waals surface area contributed by atoms with Crippen LogP contribution in [0.3, 0.4) is 0 Å². The number of nitrogens with one attached hydrogen (secondary N) is 1. The van der Waals surface area contributed by atoms with Crippen LogP contribution < -0.4 is 5.32 Å². The van der Waals surface area contributed by atoms with Gasteiger partial charge in [-0.3, -0.25) is 9.58 Å². The van der Waals surface area contributed by atoms with E-state index in [0.29, 0.717) is 11.6 Å². The number of hydrogen-bond acceptors (Lipinski definition) is 3. The van der Waals surface area contributed by atoms with Crippen LogP contribution in [0, 0.1) is 12.8 Å². The van der Waals surface area contributed by atoms with Gasteiger partial charge >= 0.3 is 0 Å². The maximum Gasteiger partial charge on any atom is 0.0597 e. The van der Waals surface area contributed by atoms with Crippen LogP contribution in [-0.4, -0.2) is 39.4 Å². The smallest absolute Gasteiger partial charge is 0.0597 e. The first-order valence-corrected chi connectivity index (χ1v) is 7.46. The molecule has 1 saturated carbocycles. The first-order valence-electron chi connectivity index (χ1n) is 7.46. The maximum atomic E-state index is 4.46. The molecule has 2 heterocycles. The molecule has 2 aliphatic rings. The zero-order chi connectivity index (χ0) is 13.6. The van der Waals surface area contributed by atoms with Crippen molar-refractivity contribution in [2.24, 2.45) is 13.0 Å². The molecule has 4 heteroatoms. The molecule has 2 fully saturated rings. The Labute approximate surface area is 116 Å². The monoisotopic (exact) mass is 262 g/mol. The molecular weight excluding hydrogens is 236 g/mol. The molecule has 1 saturated heterocycles. The Hall–Kier alpha value is -0.870. The SMILES string of the molecule is Cc1cc(CN2CC(C)(C3CC3)NCC2C)n(C)n1. The normalized spacial score (nSPS) is 32.7. The molecule has 4 nitrogen and oxygen atoms in total. The van der Waals surface area contributed by atoms with E-state index in [4.69, 9.17) is 0 Å². The van der Waals surface area contributed by atoms with E-state index in [0.717, 1.165) is 31.2 Å². The van der Waals surface area contributed by atoms with Crippen LogP contribution in [0.2, 0.25) is 0 Å². The second kappa shape index (κ2) is 4.60. The minimum absolute atomic E-state index is 0.320. The molecule has 2 atom stereocenters. The van der Waals surface area contributed by atoms with Crippen molar-refractivity contribution in [3.05, 3.63) is 17.5 Å². The van der Waals surface area contributed by atoms with Gasteiger partial charge in [0.15, 0.2) is 0 Å². The molecule has 0 amide bonds. The van der Waals surface area contributed by atoms with Gasteiger partial charge in [0.2, 0.25) is 0 Å². The fourth-order valence-corrected chi connectivity index (χ4v) is 3.37. The van der Waals surface area contributed by atoms with Crippen LogP contribution in [0.1, 0.15) is 38.1 Å². The van der Waals surface area contributed by atoms with E-state index in [1.807, 2.05) is 4.68 Å². The molecule has 0 bridgehead atoms. The van der Waals surface area contributed by atoms with Gasteiger partial charge in [0, 0.05) is 38.3 Å². The fourth-order valence-electron chi connectivity index (χ4n) is 3.37. The summed E-state index contributed by atoms with van der Waals surface area (Å²) in [7, 11) is 2.05. The summed E-state index contributed by atoms with van der Waals surface area (Å²) >= 11 is 0. The number of aromatic nitrogens is 2. The highest BCUT2D eigenvalue weighted by molar-refractivity contribution is 5.10. The van der Waals surface area contributed by atoms with Gasteiger partial charge in [-0.2, -0.15) is 5.10 Å². The molecule has 0 aromatic carbocycles. The summed E-state index contributed by atoms with van der Waals surface area (Å²) in [5.74, 6) is 0.885. The van der Waals surface area contributed by atoms with Gasteiger partial charge in [0.1, 0.15) is 0 Å². The zero-order valence-corrected chi connectivity index (χ0v) is 12.6. The molecule has 0 spiro atoms.